The van der Waals surface area contributed by atoms with Gasteiger partial charge < -0.3 is 22.4 Å². The van der Waals surface area contributed by atoms with E-state index in [-0.39, 0.29) is 34.0 Å². The Morgan fingerprint density at radius 2 is 0.889 bits per heavy atom. The van der Waals surface area contributed by atoms with Gasteiger partial charge in [0, 0.05) is 0 Å². The molecule has 0 aliphatic heterocycles. The SMILES string of the molecule is NC(N)(c1ccccc1)c1ccccc1.[Mg+2].[OH-].[OH-]. The van der Waals surface area contributed by atoms with Crippen molar-refractivity contribution in [1.82, 2.24) is 0 Å². The molecule has 4 nitrogen and oxygen atoms in total. The summed E-state index contributed by atoms with van der Waals surface area (Å²) in [6.45, 7) is 0. The van der Waals surface area contributed by atoms with Gasteiger partial charge in [-0.2, -0.15) is 0 Å². The Morgan fingerprint density at radius 3 is 1.17 bits per heavy atom. The molecule has 0 saturated carbocycles. The molecule has 0 saturated heterocycles. The normalized spacial score (nSPS) is 9.44. The molecular formula is C13H16MgN2O2. The van der Waals surface area contributed by atoms with Crippen LogP contribution in [0.25, 0.3) is 0 Å². The smallest absolute Gasteiger partial charge is 0.870 e. The maximum Gasteiger partial charge on any atom is 2.00 e. The Kier molecular flexibility index (Phi) is 8.83. The number of hydrogen-bond acceptors (Lipinski definition) is 4. The third kappa shape index (κ3) is 4.06. The Hall–Kier alpha value is -0.954. The first-order chi connectivity index (χ1) is 7.21. The second-order valence-electron chi connectivity index (χ2n) is 3.60. The van der Waals surface area contributed by atoms with Crippen molar-refractivity contribution in [2.45, 2.75) is 5.66 Å². The average molecular weight is 257 g/mol. The predicted octanol–water partition coefficient (Wildman–Crippen LogP) is 1.07. The second-order valence-corrected chi connectivity index (χ2v) is 3.60. The molecule has 0 amide bonds. The van der Waals surface area contributed by atoms with Crippen LogP contribution in [0, 0.1) is 0 Å². The number of nitrogens with two attached hydrogens (primary N) is 2. The van der Waals surface area contributed by atoms with Crippen LogP contribution in [0.15, 0.2) is 60.7 Å². The summed E-state index contributed by atoms with van der Waals surface area (Å²) >= 11 is 0. The fraction of sp³-hybridized carbons (Fsp3) is 0.0769. The molecule has 0 radical (unpaired) electrons. The first-order valence-corrected chi connectivity index (χ1v) is 4.90. The molecule has 0 heterocycles. The number of benzene rings is 2. The standard InChI is InChI=1S/C13H14N2.Mg.2H2O/c14-13(15,11-7-3-1-4-8-11)12-9-5-2-6-10-12;;;/h1-10H,14-15H2;;2*1H2/q;+2;;/p-2. The van der Waals surface area contributed by atoms with Crippen molar-refractivity contribution < 1.29 is 11.0 Å². The van der Waals surface area contributed by atoms with E-state index in [0.717, 1.165) is 11.1 Å². The first-order valence-electron chi connectivity index (χ1n) is 4.90. The average Bonchev–Trinajstić information content (AvgIpc) is 2.31. The minimum atomic E-state index is -0.914. The molecule has 92 valence electrons. The summed E-state index contributed by atoms with van der Waals surface area (Å²) in [5.74, 6) is 0. The molecular weight excluding hydrogens is 240 g/mol. The zero-order valence-electron chi connectivity index (χ0n) is 10.0. The van der Waals surface area contributed by atoms with Gasteiger partial charge in [0.1, 0.15) is 5.66 Å². The summed E-state index contributed by atoms with van der Waals surface area (Å²) in [4.78, 5) is 0. The Morgan fingerprint density at radius 1 is 0.611 bits per heavy atom. The van der Waals surface area contributed by atoms with Gasteiger partial charge in [0.2, 0.25) is 0 Å². The van der Waals surface area contributed by atoms with Gasteiger partial charge in [-0.15, -0.1) is 0 Å². The van der Waals surface area contributed by atoms with Crippen LogP contribution >= 0.6 is 0 Å². The minimum Gasteiger partial charge on any atom is -0.870 e. The van der Waals surface area contributed by atoms with Gasteiger partial charge in [0.05, 0.1) is 0 Å². The molecule has 0 bridgehead atoms. The van der Waals surface area contributed by atoms with Crippen molar-refractivity contribution in [3.8, 4) is 0 Å². The van der Waals surface area contributed by atoms with E-state index < -0.39 is 5.66 Å². The van der Waals surface area contributed by atoms with E-state index in [1.165, 1.54) is 0 Å². The van der Waals surface area contributed by atoms with Crippen LogP contribution in [-0.4, -0.2) is 34.0 Å². The molecule has 2 aromatic carbocycles. The molecule has 0 spiro atoms. The molecule has 2 aromatic rings. The van der Waals surface area contributed by atoms with Crippen molar-refractivity contribution in [3.05, 3.63) is 71.8 Å². The maximum absolute atomic E-state index is 6.14. The van der Waals surface area contributed by atoms with Crippen LogP contribution in [-0.2, 0) is 5.66 Å². The topological polar surface area (TPSA) is 112 Å². The molecule has 0 aliphatic carbocycles. The van der Waals surface area contributed by atoms with Crippen LogP contribution < -0.4 is 11.5 Å². The van der Waals surface area contributed by atoms with Crippen molar-refractivity contribution in [2.75, 3.05) is 0 Å². The fourth-order valence-corrected chi connectivity index (χ4v) is 1.59. The molecule has 18 heavy (non-hydrogen) atoms. The summed E-state index contributed by atoms with van der Waals surface area (Å²) in [7, 11) is 0. The molecule has 2 rings (SSSR count). The molecule has 0 aliphatic rings. The summed E-state index contributed by atoms with van der Waals surface area (Å²) in [6.07, 6.45) is 0. The third-order valence-electron chi connectivity index (χ3n) is 2.50. The van der Waals surface area contributed by atoms with E-state index in [9.17, 15) is 0 Å². The quantitative estimate of drug-likeness (QED) is 0.618. The monoisotopic (exact) mass is 256 g/mol. The minimum absolute atomic E-state index is 0. The van der Waals surface area contributed by atoms with Gasteiger partial charge in [-0.25, -0.2) is 0 Å². The van der Waals surface area contributed by atoms with Gasteiger partial charge in [-0.1, -0.05) is 60.7 Å². The summed E-state index contributed by atoms with van der Waals surface area (Å²) in [5.41, 5.74) is 13.2. The van der Waals surface area contributed by atoms with Crippen molar-refractivity contribution >= 4 is 23.1 Å². The van der Waals surface area contributed by atoms with Crippen LogP contribution in [0.1, 0.15) is 11.1 Å². The molecule has 0 unspecified atom stereocenters. The van der Waals surface area contributed by atoms with E-state index >= 15 is 0 Å². The van der Waals surface area contributed by atoms with Gasteiger partial charge >= 0.3 is 23.1 Å². The van der Waals surface area contributed by atoms with E-state index in [1.54, 1.807) is 0 Å². The van der Waals surface area contributed by atoms with Crippen molar-refractivity contribution in [3.63, 3.8) is 0 Å². The van der Waals surface area contributed by atoms with Gasteiger partial charge in [0.15, 0.2) is 0 Å². The van der Waals surface area contributed by atoms with Crippen LogP contribution in [0.3, 0.4) is 0 Å². The summed E-state index contributed by atoms with van der Waals surface area (Å²) < 4.78 is 0. The predicted molar refractivity (Wildman–Crippen MR) is 71.7 cm³/mol. The van der Waals surface area contributed by atoms with E-state index in [1.807, 2.05) is 60.7 Å². The van der Waals surface area contributed by atoms with Crippen molar-refractivity contribution in [2.24, 2.45) is 11.5 Å². The Labute approximate surface area is 123 Å². The van der Waals surface area contributed by atoms with Gasteiger partial charge in [-0.3, -0.25) is 0 Å². The van der Waals surface area contributed by atoms with E-state index in [2.05, 4.69) is 0 Å². The molecule has 5 heteroatoms. The summed E-state index contributed by atoms with van der Waals surface area (Å²) in [5, 5.41) is 0. The van der Waals surface area contributed by atoms with Crippen LogP contribution in [0.4, 0.5) is 0 Å². The van der Waals surface area contributed by atoms with Gasteiger partial charge in [-0.05, 0) is 11.1 Å². The number of rotatable bonds is 2. The molecule has 0 aromatic heterocycles. The Bertz CT molecular complexity index is 394. The maximum atomic E-state index is 6.14. The van der Waals surface area contributed by atoms with Crippen LogP contribution in [0.2, 0.25) is 0 Å². The molecule has 0 atom stereocenters. The second kappa shape index (κ2) is 8.20. The fourth-order valence-electron chi connectivity index (χ4n) is 1.59. The molecule has 0 fully saturated rings. The Balaban J connectivity index is 0. The zero-order chi connectivity index (χ0) is 10.7. The largest absolute Gasteiger partial charge is 2.00 e. The van der Waals surface area contributed by atoms with Crippen molar-refractivity contribution in [1.29, 1.82) is 0 Å². The van der Waals surface area contributed by atoms with E-state index in [4.69, 9.17) is 11.5 Å². The van der Waals surface area contributed by atoms with Gasteiger partial charge in [0.25, 0.3) is 0 Å². The van der Waals surface area contributed by atoms with E-state index in [0.29, 0.717) is 0 Å². The molecule has 6 N–H and O–H groups in total. The third-order valence-corrected chi connectivity index (χ3v) is 2.50. The first kappa shape index (κ1) is 19.4. The van der Waals surface area contributed by atoms with Crippen LogP contribution in [0.5, 0.6) is 0 Å². The zero-order valence-corrected chi connectivity index (χ0v) is 11.4. The summed E-state index contributed by atoms with van der Waals surface area (Å²) in [6, 6.07) is 19.4. The number of hydrogen-bond donors (Lipinski definition) is 2.